The second kappa shape index (κ2) is 10.6. The number of alkyl halides is 7. The Morgan fingerprint density at radius 2 is 1.66 bits per heavy atom. The molecular weight excluding hydrogens is 630 g/mol. The number of hydrogen-bond donors (Lipinski definition) is 1. The van der Waals surface area contributed by atoms with Crippen LogP contribution in [0.3, 0.4) is 0 Å². The highest BCUT2D eigenvalue weighted by Gasteiger charge is 2.74. The van der Waals surface area contributed by atoms with Crippen LogP contribution in [0.2, 0.25) is 0 Å². The minimum absolute atomic E-state index is 0.00717. The molecule has 2 aromatic rings. The molecule has 3 heterocycles. The number of benzene rings is 1. The number of pyridine rings is 1. The van der Waals surface area contributed by atoms with E-state index in [1.165, 1.54) is 4.90 Å². The second-order valence-corrected chi connectivity index (χ2v) is 13.1. The fourth-order valence-corrected chi connectivity index (χ4v) is 8.99. The maximum Gasteiger partial charge on any atom is 0.436 e. The van der Waals surface area contributed by atoms with E-state index in [4.69, 9.17) is 0 Å². The van der Waals surface area contributed by atoms with E-state index in [-0.39, 0.29) is 50.5 Å². The van der Waals surface area contributed by atoms with Gasteiger partial charge < -0.3 is 14.9 Å². The number of carbonyl (C=O) groups excluding carboxylic acids is 2. The SMILES string of the molecule is O=C([C@H]1CCC(=O)N1CCO)N1CCC2(S(=O)(=O)c3ccc(F)cc3)c3ncc(C(F)(C(F)(F)F)C(F)(F)F)cc3CCC12. The predicted octanol–water partition coefficient (Wildman–Crippen LogP) is 3.71. The molecule has 0 radical (unpaired) electrons. The van der Waals surface area contributed by atoms with Crippen LogP contribution in [0.25, 0.3) is 0 Å². The van der Waals surface area contributed by atoms with Crippen molar-refractivity contribution in [1.82, 2.24) is 14.8 Å². The lowest BCUT2D eigenvalue weighted by atomic mass is 9.80. The van der Waals surface area contributed by atoms with Crippen molar-refractivity contribution in [2.45, 2.75) is 71.9 Å². The van der Waals surface area contributed by atoms with Crippen LogP contribution in [0.1, 0.15) is 42.5 Å². The van der Waals surface area contributed by atoms with Crippen LogP contribution in [-0.4, -0.2) is 84.3 Å². The van der Waals surface area contributed by atoms with Crippen LogP contribution in [0.4, 0.5) is 35.1 Å². The van der Waals surface area contributed by atoms with Crippen LogP contribution in [0.5, 0.6) is 0 Å². The molecule has 2 saturated heterocycles. The molecule has 1 aliphatic carbocycles. The fraction of sp³-hybridized carbons (Fsp3) is 0.519. The maximum atomic E-state index is 14.9. The molecule has 1 N–H and O–H groups in total. The van der Waals surface area contributed by atoms with Crippen molar-refractivity contribution >= 4 is 21.7 Å². The molecular formula is C27H25F8N3O5S. The number of rotatable bonds is 6. The number of aliphatic hydroxyl groups excluding tert-OH is 1. The van der Waals surface area contributed by atoms with E-state index in [0.717, 1.165) is 29.2 Å². The van der Waals surface area contributed by atoms with Crippen molar-refractivity contribution in [3.05, 3.63) is 59.2 Å². The standard InChI is InChI=1S/C27H25F8N3O5S/c28-17-2-4-18(5-3-17)44(42,43)24-9-10-38(23(41)19-6-8-21(40)37(19)11-12-39)20(24)7-1-15-13-16(14-36-22(15)24)25(29,26(30,31)32)27(33,34)35/h2-5,13-14,19-20,39H,1,6-12H2/t19-,20?,24?/m1/s1. The number of nitrogens with zero attached hydrogens (tertiary/aromatic N) is 3. The van der Waals surface area contributed by atoms with Gasteiger partial charge in [0.05, 0.1) is 23.2 Å². The number of aliphatic hydroxyl groups is 1. The molecule has 2 unspecified atom stereocenters. The third kappa shape index (κ3) is 4.56. The van der Waals surface area contributed by atoms with Gasteiger partial charge in [-0.1, -0.05) is 0 Å². The highest BCUT2D eigenvalue weighted by Crippen LogP contribution is 2.56. The summed E-state index contributed by atoms with van der Waals surface area (Å²) in [4.78, 5) is 31.8. The Balaban J connectivity index is 1.67. The number of fused-ring (bicyclic) bond motifs is 3. The molecule has 2 fully saturated rings. The zero-order valence-electron chi connectivity index (χ0n) is 22.6. The van der Waals surface area contributed by atoms with Crippen molar-refractivity contribution < 1.29 is 58.2 Å². The minimum atomic E-state index is -6.42. The average molecular weight is 656 g/mol. The van der Waals surface area contributed by atoms with E-state index in [0.29, 0.717) is 6.07 Å². The van der Waals surface area contributed by atoms with E-state index < -0.39 is 91.5 Å². The van der Waals surface area contributed by atoms with E-state index in [2.05, 4.69) is 4.98 Å². The molecule has 1 aromatic carbocycles. The lowest BCUT2D eigenvalue weighted by Crippen LogP contribution is -2.56. The van der Waals surface area contributed by atoms with Crippen molar-refractivity contribution in [3.8, 4) is 0 Å². The molecule has 2 aliphatic heterocycles. The van der Waals surface area contributed by atoms with Crippen LogP contribution in [0, 0.1) is 5.82 Å². The largest absolute Gasteiger partial charge is 0.436 e. The fourth-order valence-electron chi connectivity index (χ4n) is 6.68. The Morgan fingerprint density at radius 1 is 1.02 bits per heavy atom. The zero-order valence-corrected chi connectivity index (χ0v) is 23.4. The number of aromatic nitrogens is 1. The first-order chi connectivity index (χ1) is 20.4. The summed E-state index contributed by atoms with van der Waals surface area (Å²) in [6, 6.07) is 1.58. The van der Waals surface area contributed by atoms with Crippen LogP contribution >= 0.6 is 0 Å². The van der Waals surface area contributed by atoms with Gasteiger partial charge in [-0.3, -0.25) is 14.6 Å². The van der Waals surface area contributed by atoms with Gasteiger partial charge in [-0.25, -0.2) is 17.2 Å². The molecule has 1 aromatic heterocycles. The lowest BCUT2D eigenvalue weighted by Gasteiger charge is -2.42. The van der Waals surface area contributed by atoms with E-state index >= 15 is 0 Å². The van der Waals surface area contributed by atoms with E-state index in [1.54, 1.807) is 0 Å². The number of carbonyl (C=O) groups is 2. The Kier molecular flexibility index (Phi) is 7.75. The van der Waals surface area contributed by atoms with Gasteiger partial charge in [0.2, 0.25) is 11.8 Å². The third-order valence-electron chi connectivity index (χ3n) is 8.71. The minimum Gasteiger partial charge on any atom is -0.395 e. The van der Waals surface area contributed by atoms with Gasteiger partial charge in [-0.15, -0.1) is 0 Å². The number of amides is 2. The molecule has 5 rings (SSSR count). The smallest absolute Gasteiger partial charge is 0.395 e. The predicted molar refractivity (Wildman–Crippen MR) is 135 cm³/mol. The summed E-state index contributed by atoms with van der Waals surface area (Å²) in [5.41, 5.74) is -8.50. The van der Waals surface area contributed by atoms with Crippen molar-refractivity contribution in [2.24, 2.45) is 0 Å². The molecule has 2 amide bonds. The summed E-state index contributed by atoms with van der Waals surface area (Å²) in [6.07, 6.45) is -13.8. The molecule has 240 valence electrons. The molecule has 0 bridgehead atoms. The summed E-state index contributed by atoms with van der Waals surface area (Å²) in [5.74, 6) is -1.85. The summed E-state index contributed by atoms with van der Waals surface area (Å²) in [7, 11) is -4.70. The van der Waals surface area contributed by atoms with Crippen LogP contribution in [-0.2, 0) is 36.3 Å². The average Bonchev–Trinajstić information content (AvgIpc) is 3.53. The highest BCUT2D eigenvalue weighted by atomic mass is 32.2. The quantitative estimate of drug-likeness (QED) is 0.376. The third-order valence-corrected chi connectivity index (χ3v) is 11.2. The summed E-state index contributed by atoms with van der Waals surface area (Å²) < 4.78 is 136. The number of sulfone groups is 1. The summed E-state index contributed by atoms with van der Waals surface area (Å²) >= 11 is 0. The van der Waals surface area contributed by atoms with E-state index in [1.807, 2.05) is 0 Å². The van der Waals surface area contributed by atoms with Gasteiger partial charge in [-0.05, 0) is 61.6 Å². The number of halogens is 8. The summed E-state index contributed by atoms with van der Waals surface area (Å²) in [6.45, 7) is -0.862. The van der Waals surface area contributed by atoms with Crippen LogP contribution in [0.15, 0.2) is 41.4 Å². The van der Waals surface area contributed by atoms with Crippen molar-refractivity contribution in [2.75, 3.05) is 19.7 Å². The molecule has 3 atom stereocenters. The van der Waals surface area contributed by atoms with Gasteiger partial charge in [-0.2, -0.15) is 26.3 Å². The first kappa shape index (κ1) is 32.1. The number of β-amino-alcohol motifs (C(OH)–C–C–N with tert-alkyl or cyclic N) is 1. The van der Waals surface area contributed by atoms with Crippen molar-refractivity contribution in [3.63, 3.8) is 0 Å². The van der Waals surface area contributed by atoms with Gasteiger partial charge in [0, 0.05) is 31.3 Å². The highest BCUT2D eigenvalue weighted by molar-refractivity contribution is 7.92. The zero-order chi connectivity index (χ0) is 32.5. The Bertz CT molecular complexity index is 1570. The number of hydrogen-bond acceptors (Lipinski definition) is 6. The van der Waals surface area contributed by atoms with Crippen molar-refractivity contribution in [1.29, 1.82) is 0 Å². The number of aryl methyl sites for hydroxylation is 1. The normalized spacial score (nSPS) is 24.4. The molecule has 44 heavy (non-hydrogen) atoms. The van der Waals surface area contributed by atoms with Gasteiger partial charge in [0.25, 0.3) is 0 Å². The van der Waals surface area contributed by atoms with E-state index in [9.17, 15) is 58.2 Å². The Morgan fingerprint density at radius 3 is 2.25 bits per heavy atom. The Labute approximate surface area is 245 Å². The molecule has 0 saturated carbocycles. The summed E-state index contributed by atoms with van der Waals surface area (Å²) in [5, 5.41) is 9.38. The van der Waals surface area contributed by atoms with Gasteiger partial charge >= 0.3 is 18.0 Å². The van der Waals surface area contributed by atoms with Gasteiger partial charge in [0.1, 0.15) is 16.6 Å². The lowest BCUT2D eigenvalue weighted by molar-refractivity contribution is -0.348. The molecule has 8 nitrogen and oxygen atoms in total. The molecule has 3 aliphatic rings. The monoisotopic (exact) mass is 655 g/mol. The first-order valence-corrected chi connectivity index (χ1v) is 14.9. The second-order valence-electron chi connectivity index (χ2n) is 10.9. The topological polar surface area (TPSA) is 108 Å². The Hall–Kier alpha value is -3.34. The van der Waals surface area contributed by atoms with Crippen LogP contribution < -0.4 is 0 Å². The first-order valence-electron chi connectivity index (χ1n) is 13.4. The molecule has 0 spiro atoms. The van der Waals surface area contributed by atoms with Gasteiger partial charge in [0.15, 0.2) is 9.84 Å². The number of likely N-dealkylation sites (tertiary alicyclic amines) is 2. The molecule has 17 heteroatoms. The maximum absolute atomic E-state index is 14.9.